The largest absolute Gasteiger partial charge is 0.290 e. The second-order valence-electron chi connectivity index (χ2n) is 3.26. The summed E-state index contributed by atoms with van der Waals surface area (Å²) in [4.78, 5) is 14.0. The van der Waals surface area contributed by atoms with Gasteiger partial charge >= 0.3 is 0 Å². The van der Waals surface area contributed by atoms with Gasteiger partial charge in [-0.2, -0.15) is 0 Å². The molecule has 0 bridgehead atoms. The number of azide groups is 1. The van der Waals surface area contributed by atoms with Gasteiger partial charge in [-0.05, 0) is 28.3 Å². The van der Waals surface area contributed by atoms with Gasteiger partial charge in [-0.3, -0.25) is 4.79 Å². The fourth-order valence-corrected chi connectivity index (χ4v) is 1.97. The maximum Gasteiger partial charge on any atom is 0.255 e. The Labute approximate surface area is 92.8 Å². The van der Waals surface area contributed by atoms with E-state index in [1.165, 1.54) is 6.07 Å². The van der Waals surface area contributed by atoms with Crippen molar-refractivity contribution >= 4 is 21.7 Å². The summed E-state index contributed by atoms with van der Waals surface area (Å²) in [6.45, 7) is 0. The first-order chi connectivity index (χ1) is 7.07. The van der Waals surface area contributed by atoms with Crippen LogP contribution in [0.2, 0.25) is 0 Å². The SMILES string of the molecule is [N-]=[N+]=NC1(F)Cc2ccc(Br)cc2C1=O. The molecule has 0 aliphatic heterocycles. The third-order valence-corrected chi connectivity index (χ3v) is 2.79. The van der Waals surface area contributed by atoms with Crippen molar-refractivity contribution in [3.05, 3.63) is 44.2 Å². The normalized spacial score (nSPS) is 23.5. The van der Waals surface area contributed by atoms with E-state index in [9.17, 15) is 9.18 Å². The van der Waals surface area contributed by atoms with E-state index >= 15 is 0 Å². The Bertz CT molecular complexity index is 498. The molecule has 4 nitrogen and oxygen atoms in total. The number of alkyl halides is 1. The number of benzene rings is 1. The summed E-state index contributed by atoms with van der Waals surface area (Å²) in [6.07, 6.45) is -0.182. The fraction of sp³-hybridized carbons (Fsp3) is 0.222. The summed E-state index contributed by atoms with van der Waals surface area (Å²) < 4.78 is 14.5. The molecule has 1 aliphatic carbocycles. The Morgan fingerprint density at radius 1 is 1.60 bits per heavy atom. The summed E-state index contributed by atoms with van der Waals surface area (Å²) >= 11 is 3.19. The second kappa shape index (κ2) is 3.32. The monoisotopic (exact) mass is 269 g/mol. The molecule has 0 spiro atoms. The van der Waals surface area contributed by atoms with Crippen LogP contribution >= 0.6 is 15.9 Å². The summed E-state index contributed by atoms with van der Waals surface area (Å²) in [5.41, 5.74) is 9.04. The predicted molar refractivity (Wildman–Crippen MR) is 55.2 cm³/mol. The molecular weight excluding hydrogens is 265 g/mol. The van der Waals surface area contributed by atoms with Crippen molar-refractivity contribution in [1.82, 2.24) is 0 Å². The maximum atomic E-state index is 13.8. The summed E-state index contributed by atoms with van der Waals surface area (Å²) in [7, 11) is 0. The van der Waals surface area contributed by atoms with E-state index in [4.69, 9.17) is 5.53 Å². The molecule has 1 unspecified atom stereocenters. The van der Waals surface area contributed by atoms with Crippen LogP contribution in [0.25, 0.3) is 10.4 Å². The minimum atomic E-state index is -2.45. The number of hydrogen-bond donors (Lipinski definition) is 0. The Hall–Kier alpha value is -1.39. The Morgan fingerprint density at radius 2 is 2.33 bits per heavy atom. The van der Waals surface area contributed by atoms with Crippen LogP contribution in [0.15, 0.2) is 27.8 Å². The lowest BCUT2D eigenvalue weighted by molar-refractivity contribution is 0.0735. The molecule has 0 fully saturated rings. The molecule has 1 aliphatic rings. The molecule has 6 heteroatoms. The fourth-order valence-electron chi connectivity index (χ4n) is 1.60. The van der Waals surface area contributed by atoms with Crippen molar-refractivity contribution in [1.29, 1.82) is 0 Å². The van der Waals surface area contributed by atoms with Crippen molar-refractivity contribution < 1.29 is 9.18 Å². The van der Waals surface area contributed by atoms with Crippen molar-refractivity contribution in [3.8, 4) is 0 Å². The van der Waals surface area contributed by atoms with Crippen LogP contribution in [0, 0.1) is 0 Å². The van der Waals surface area contributed by atoms with Crippen molar-refractivity contribution in [2.75, 3.05) is 0 Å². The zero-order valence-electron chi connectivity index (χ0n) is 7.44. The number of hydrogen-bond acceptors (Lipinski definition) is 2. The van der Waals surface area contributed by atoms with Crippen LogP contribution in [-0.2, 0) is 6.42 Å². The number of ketones is 1. The molecule has 1 aromatic rings. The number of nitrogens with zero attached hydrogens (tertiary/aromatic N) is 3. The molecule has 1 aromatic carbocycles. The van der Waals surface area contributed by atoms with Gasteiger partial charge in [0.1, 0.15) is 0 Å². The molecule has 0 saturated carbocycles. The van der Waals surface area contributed by atoms with E-state index in [2.05, 4.69) is 26.0 Å². The van der Waals surface area contributed by atoms with Crippen molar-refractivity contribution in [3.63, 3.8) is 0 Å². The van der Waals surface area contributed by atoms with Crippen LogP contribution < -0.4 is 0 Å². The second-order valence-corrected chi connectivity index (χ2v) is 4.17. The molecule has 1 atom stereocenters. The van der Waals surface area contributed by atoms with Crippen LogP contribution in [0.4, 0.5) is 4.39 Å². The van der Waals surface area contributed by atoms with Crippen LogP contribution in [-0.4, -0.2) is 11.6 Å². The number of halogens is 2. The van der Waals surface area contributed by atoms with E-state index in [1.807, 2.05) is 0 Å². The van der Waals surface area contributed by atoms with E-state index < -0.39 is 11.6 Å². The number of carbonyl (C=O) groups is 1. The Balaban J connectivity index is 2.55. The minimum Gasteiger partial charge on any atom is -0.290 e. The molecular formula is C9H5BrFN3O. The van der Waals surface area contributed by atoms with Gasteiger partial charge in [0, 0.05) is 21.4 Å². The first-order valence-electron chi connectivity index (χ1n) is 4.15. The van der Waals surface area contributed by atoms with E-state index in [0.717, 1.165) is 0 Å². The number of rotatable bonds is 1. The lowest BCUT2D eigenvalue weighted by Crippen LogP contribution is -2.26. The van der Waals surface area contributed by atoms with Crippen LogP contribution in [0.3, 0.4) is 0 Å². The molecule has 76 valence electrons. The average molecular weight is 270 g/mol. The zero-order chi connectivity index (χ0) is 11.1. The van der Waals surface area contributed by atoms with Gasteiger partial charge in [-0.25, -0.2) is 4.39 Å². The van der Waals surface area contributed by atoms with Crippen LogP contribution in [0.1, 0.15) is 15.9 Å². The van der Waals surface area contributed by atoms with Gasteiger partial charge in [0.25, 0.3) is 5.79 Å². The van der Waals surface area contributed by atoms with Gasteiger partial charge in [0.05, 0.1) is 0 Å². The van der Waals surface area contributed by atoms with Gasteiger partial charge < -0.3 is 0 Å². The Kier molecular flexibility index (Phi) is 2.25. The number of Topliss-reactive ketones (excluding diaryl/α,β-unsaturated/α-hetero) is 1. The molecule has 2 rings (SSSR count). The first kappa shape index (κ1) is 10.1. The molecule has 0 aromatic heterocycles. The topological polar surface area (TPSA) is 65.8 Å². The highest BCUT2D eigenvalue weighted by Gasteiger charge is 2.45. The van der Waals surface area contributed by atoms with E-state index in [1.54, 1.807) is 12.1 Å². The number of fused-ring (bicyclic) bond motifs is 1. The maximum absolute atomic E-state index is 13.8. The van der Waals surface area contributed by atoms with Crippen LogP contribution in [0.5, 0.6) is 0 Å². The summed E-state index contributed by atoms with van der Waals surface area (Å²) in [5, 5.41) is 2.93. The van der Waals surface area contributed by atoms with E-state index in [0.29, 0.717) is 10.0 Å². The third kappa shape index (κ3) is 1.52. The molecule has 0 saturated heterocycles. The molecule has 15 heavy (non-hydrogen) atoms. The highest BCUT2D eigenvalue weighted by atomic mass is 79.9. The van der Waals surface area contributed by atoms with Gasteiger partial charge in [-0.15, -0.1) is 0 Å². The van der Waals surface area contributed by atoms with Crippen molar-refractivity contribution in [2.45, 2.75) is 12.2 Å². The lowest BCUT2D eigenvalue weighted by atomic mass is 10.1. The first-order valence-corrected chi connectivity index (χ1v) is 4.94. The summed E-state index contributed by atoms with van der Waals surface area (Å²) in [5.74, 6) is -3.21. The van der Waals surface area contributed by atoms with Gasteiger partial charge in [0.15, 0.2) is 0 Å². The predicted octanol–water partition coefficient (Wildman–Crippen LogP) is 3.16. The third-order valence-electron chi connectivity index (χ3n) is 2.29. The standard InChI is InChI=1S/C9H5BrFN3O/c10-6-2-1-5-4-9(11,13-14-12)8(15)7(5)3-6/h1-3H,4H2. The highest BCUT2D eigenvalue weighted by Crippen LogP contribution is 2.35. The minimum absolute atomic E-state index is 0.182. The molecule has 0 amide bonds. The molecule has 0 heterocycles. The smallest absolute Gasteiger partial charge is 0.255 e. The lowest BCUT2D eigenvalue weighted by Gasteiger charge is -2.07. The number of carbonyl (C=O) groups excluding carboxylic acids is 1. The summed E-state index contributed by atoms with van der Waals surface area (Å²) in [6, 6.07) is 4.89. The van der Waals surface area contributed by atoms with Crippen molar-refractivity contribution in [2.24, 2.45) is 5.11 Å². The quantitative estimate of drug-likeness (QED) is 0.334. The highest BCUT2D eigenvalue weighted by molar-refractivity contribution is 9.10. The zero-order valence-corrected chi connectivity index (χ0v) is 9.03. The van der Waals surface area contributed by atoms with E-state index in [-0.39, 0.29) is 12.0 Å². The van der Waals surface area contributed by atoms with Gasteiger partial charge in [0.2, 0.25) is 5.78 Å². The van der Waals surface area contributed by atoms with Gasteiger partial charge in [-0.1, -0.05) is 22.0 Å². The molecule has 0 radical (unpaired) electrons. The molecule has 0 N–H and O–H groups in total. The average Bonchev–Trinajstić information content (AvgIpc) is 2.42. The Morgan fingerprint density at radius 3 is 3.00 bits per heavy atom.